The summed E-state index contributed by atoms with van der Waals surface area (Å²) in [6, 6.07) is 5.02. The number of rotatable bonds is 3. The third kappa shape index (κ3) is 3.55. The van der Waals surface area contributed by atoms with Crippen LogP contribution in [0, 0.1) is 0 Å². The first-order valence-corrected chi connectivity index (χ1v) is 6.54. The van der Waals surface area contributed by atoms with Crippen LogP contribution in [0.3, 0.4) is 0 Å². The van der Waals surface area contributed by atoms with Crippen molar-refractivity contribution in [3.8, 4) is 0 Å². The standard InChI is InChI=1S/C13H13Cl2NO3/c1-8(9-2-3-10(14)11(15)6-9)16-13(17)12-7-18-4-5-19-12/h2-3,6-8H,4-5H2,1H3,(H,16,17). The van der Waals surface area contributed by atoms with Gasteiger partial charge in [-0.3, -0.25) is 4.79 Å². The summed E-state index contributed by atoms with van der Waals surface area (Å²) in [7, 11) is 0. The molecule has 0 spiro atoms. The van der Waals surface area contributed by atoms with Crippen LogP contribution in [-0.2, 0) is 14.3 Å². The second-order valence-corrected chi connectivity index (χ2v) is 4.88. The normalized spacial score (nSPS) is 15.8. The molecule has 19 heavy (non-hydrogen) atoms. The van der Waals surface area contributed by atoms with E-state index < -0.39 is 0 Å². The van der Waals surface area contributed by atoms with E-state index in [9.17, 15) is 4.79 Å². The van der Waals surface area contributed by atoms with Crippen LogP contribution in [0.5, 0.6) is 0 Å². The molecule has 1 aliphatic heterocycles. The van der Waals surface area contributed by atoms with Gasteiger partial charge in [-0.2, -0.15) is 0 Å². The first kappa shape index (κ1) is 14.0. The highest BCUT2D eigenvalue weighted by atomic mass is 35.5. The van der Waals surface area contributed by atoms with Crippen molar-refractivity contribution >= 4 is 29.1 Å². The summed E-state index contributed by atoms with van der Waals surface area (Å²) in [5.41, 5.74) is 0.861. The highest BCUT2D eigenvalue weighted by Gasteiger charge is 2.18. The van der Waals surface area contributed by atoms with E-state index in [1.807, 2.05) is 13.0 Å². The van der Waals surface area contributed by atoms with Crippen LogP contribution in [0.4, 0.5) is 0 Å². The molecule has 4 nitrogen and oxygen atoms in total. The second-order valence-electron chi connectivity index (χ2n) is 4.07. The van der Waals surface area contributed by atoms with Crippen LogP contribution in [0.15, 0.2) is 30.2 Å². The summed E-state index contributed by atoms with van der Waals surface area (Å²) in [4.78, 5) is 11.9. The fourth-order valence-corrected chi connectivity index (χ4v) is 1.93. The molecule has 102 valence electrons. The molecule has 1 N–H and O–H groups in total. The first-order valence-electron chi connectivity index (χ1n) is 5.78. The lowest BCUT2D eigenvalue weighted by Crippen LogP contribution is -2.30. The molecule has 0 saturated carbocycles. The third-order valence-electron chi connectivity index (χ3n) is 2.66. The smallest absolute Gasteiger partial charge is 0.290 e. The predicted octanol–water partition coefficient (Wildman–Crippen LogP) is 3.06. The molecule has 1 amide bonds. The average molecular weight is 302 g/mol. The number of amides is 1. The molecule has 0 fully saturated rings. The Balaban J connectivity index is 2.03. The molecule has 0 saturated heterocycles. The zero-order valence-corrected chi connectivity index (χ0v) is 11.8. The van der Waals surface area contributed by atoms with Crippen LogP contribution >= 0.6 is 23.2 Å². The van der Waals surface area contributed by atoms with E-state index in [1.165, 1.54) is 6.26 Å². The molecule has 1 aromatic carbocycles. The number of carbonyl (C=O) groups is 1. The summed E-state index contributed by atoms with van der Waals surface area (Å²) < 4.78 is 10.2. The first-order chi connectivity index (χ1) is 9.08. The Morgan fingerprint density at radius 2 is 2.11 bits per heavy atom. The monoisotopic (exact) mass is 301 g/mol. The minimum absolute atomic E-state index is 0.179. The summed E-state index contributed by atoms with van der Waals surface area (Å²) in [6.45, 7) is 2.68. The van der Waals surface area contributed by atoms with E-state index in [0.29, 0.717) is 23.3 Å². The number of carbonyl (C=O) groups excluding carboxylic acids is 1. The van der Waals surface area contributed by atoms with Crippen LogP contribution in [0.25, 0.3) is 0 Å². The van der Waals surface area contributed by atoms with Crippen molar-refractivity contribution in [3.63, 3.8) is 0 Å². The predicted molar refractivity (Wildman–Crippen MR) is 73.0 cm³/mol. The molecule has 6 heteroatoms. The molecule has 1 aliphatic rings. The van der Waals surface area contributed by atoms with Crippen molar-refractivity contribution in [2.75, 3.05) is 13.2 Å². The number of ether oxygens (including phenoxy) is 2. The number of hydrogen-bond acceptors (Lipinski definition) is 3. The lowest BCUT2D eigenvalue weighted by atomic mass is 10.1. The maximum Gasteiger partial charge on any atom is 0.290 e. The van der Waals surface area contributed by atoms with Gasteiger partial charge in [0.2, 0.25) is 5.76 Å². The fourth-order valence-electron chi connectivity index (χ4n) is 1.62. The van der Waals surface area contributed by atoms with Gasteiger partial charge in [0, 0.05) is 0 Å². The van der Waals surface area contributed by atoms with Crippen LogP contribution < -0.4 is 5.32 Å². The highest BCUT2D eigenvalue weighted by Crippen LogP contribution is 2.25. The maximum atomic E-state index is 11.9. The van der Waals surface area contributed by atoms with Crippen molar-refractivity contribution in [2.45, 2.75) is 13.0 Å². The van der Waals surface area contributed by atoms with Gasteiger partial charge in [-0.1, -0.05) is 29.3 Å². The summed E-state index contributed by atoms with van der Waals surface area (Å²) in [5.74, 6) is -0.142. The molecule has 1 heterocycles. The zero-order valence-electron chi connectivity index (χ0n) is 10.3. The van der Waals surface area contributed by atoms with Crippen molar-refractivity contribution in [3.05, 3.63) is 45.8 Å². The van der Waals surface area contributed by atoms with E-state index in [-0.39, 0.29) is 17.7 Å². The number of hydrogen-bond donors (Lipinski definition) is 1. The van der Waals surface area contributed by atoms with E-state index in [1.54, 1.807) is 12.1 Å². The largest absolute Gasteiger partial charge is 0.494 e. The van der Waals surface area contributed by atoms with E-state index in [4.69, 9.17) is 32.7 Å². The summed E-state index contributed by atoms with van der Waals surface area (Å²) in [5, 5.41) is 3.74. The van der Waals surface area contributed by atoms with Gasteiger partial charge in [-0.25, -0.2) is 0 Å². The maximum absolute atomic E-state index is 11.9. The Hall–Kier alpha value is -1.39. The van der Waals surface area contributed by atoms with E-state index in [2.05, 4.69) is 5.32 Å². The van der Waals surface area contributed by atoms with E-state index in [0.717, 1.165) is 5.56 Å². The highest BCUT2D eigenvalue weighted by molar-refractivity contribution is 6.42. The van der Waals surface area contributed by atoms with Gasteiger partial charge in [0.25, 0.3) is 5.91 Å². The van der Waals surface area contributed by atoms with Crippen molar-refractivity contribution in [1.82, 2.24) is 5.32 Å². The summed E-state index contributed by atoms with van der Waals surface area (Å²) >= 11 is 11.8. The topological polar surface area (TPSA) is 47.6 Å². The average Bonchev–Trinajstić information content (AvgIpc) is 2.42. The second kappa shape index (κ2) is 6.17. The van der Waals surface area contributed by atoms with Gasteiger partial charge in [0.05, 0.1) is 16.1 Å². The molecule has 0 aromatic heterocycles. The molecule has 0 radical (unpaired) electrons. The summed E-state index contributed by atoms with van der Waals surface area (Å²) in [6.07, 6.45) is 1.32. The molecule has 1 aromatic rings. The van der Waals surface area contributed by atoms with Crippen molar-refractivity contribution in [2.24, 2.45) is 0 Å². The number of nitrogens with one attached hydrogen (secondary N) is 1. The molecule has 1 atom stereocenters. The minimum Gasteiger partial charge on any atom is -0.494 e. The SMILES string of the molecule is CC(NC(=O)C1=COCCO1)c1ccc(Cl)c(Cl)c1. The lowest BCUT2D eigenvalue weighted by Gasteiger charge is -2.18. The Kier molecular flexibility index (Phi) is 4.56. The lowest BCUT2D eigenvalue weighted by molar-refractivity contribution is -0.122. The Morgan fingerprint density at radius 3 is 2.74 bits per heavy atom. The minimum atomic E-state index is -0.321. The van der Waals surface area contributed by atoms with Gasteiger partial charge >= 0.3 is 0 Å². The fraction of sp³-hybridized carbons (Fsp3) is 0.308. The van der Waals surface area contributed by atoms with Gasteiger partial charge in [0.1, 0.15) is 19.5 Å². The molecular formula is C13H13Cl2NO3. The van der Waals surface area contributed by atoms with Gasteiger partial charge in [-0.15, -0.1) is 0 Å². The van der Waals surface area contributed by atoms with Crippen LogP contribution in [0.1, 0.15) is 18.5 Å². The Labute approximate surface area is 121 Å². The zero-order chi connectivity index (χ0) is 13.8. The van der Waals surface area contributed by atoms with Crippen molar-refractivity contribution < 1.29 is 14.3 Å². The van der Waals surface area contributed by atoms with Crippen molar-refractivity contribution in [1.29, 1.82) is 0 Å². The van der Waals surface area contributed by atoms with Crippen LogP contribution in [-0.4, -0.2) is 19.1 Å². The molecule has 0 aliphatic carbocycles. The third-order valence-corrected chi connectivity index (χ3v) is 3.40. The number of halogens is 2. The van der Waals surface area contributed by atoms with Gasteiger partial charge in [0.15, 0.2) is 0 Å². The molecule has 2 rings (SSSR count). The molecular weight excluding hydrogens is 289 g/mol. The van der Waals surface area contributed by atoms with Gasteiger partial charge < -0.3 is 14.8 Å². The quantitative estimate of drug-likeness (QED) is 0.933. The number of benzene rings is 1. The molecule has 1 unspecified atom stereocenters. The van der Waals surface area contributed by atoms with E-state index >= 15 is 0 Å². The molecule has 0 bridgehead atoms. The van der Waals surface area contributed by atoms with Gasteiger partial charge in [-0.05, 0) is 24.6 Å². The Bertz CT molecular complexity index is 517. The Morgan fingerprint density at radius 1 is 1.32 bits per heavy atom. The van der Waals surface area contributed by atoms with Crippen LogP contribution in [0.2, 0.25) is 10.0 Å².